The molecule has 0 saturated heterocycles. The smallest absolute Gasteiger partial charge is 0.306 e. The van der Waals surface area contributed by atoms with Gasteiger partial charge in [0.1, 0.15) is 12.4 Å². The molecule has 0 aromatic heterocycles. The van der Waals surface area contributed by atoms with Gasteiger partial charge in [-0.1, -0.05) is 24.6 Å². The number of ether oxygens (including phenoxy) is 3. The summed E-state index contributed by atoms with van der Waals surface area (Å²) >= 11 is 0. The molecule has 2 aromatic rings. The van der Waals surface area contributed by atoms with Crippen molar-refractivity contribution >= 4 is 5.97 Å². The first-order valence-corrected chi connectivity index (χ1v) is 10.5. The Labute approximate surface area is 172 Å². The number of halogens is 1. The van der Waals surface area contributed by atoms with Crippen molar-refractivity contribution in [3.8, 4) is 11.5 Å². The fraction of sp³-hybridized carbons (Fsp3) is 0.458. The third-order valence-electron chi connectivity index (χ3n) is 5.07. The largest absolute Gasteiger partial charge is 0.490 e. The molecule has 3 rings (SSSR count). The summed E-state index contributed by atoms with van der Waals surface area (Å²) in [4.78, 5) is 11.4. The molecule has 0 atom stereocenters. The van der Waals surface area contributed by atoms with Crippen molar-refractivity contribution in [1.29, 1.82) is 0 Å². The highest BCUT2D eigenvalue weighted by molar-refractivity contribution is 5.69. The second-order valence-electron chi connectivity index (χ2n) is 7.38. The second-order valence-corrected chi connectivity index (χ2v) is 7.38. The Morgan fingerprint density at radius 1 is 1.07 bits per heavy atom. The molecule has 156 valence electrons. The molecule has 5 heteroatoms. The zero-order valence-electron chi connectivity index (χ0n) is 17.0. The van der Waals surface area contributed by atoms with Gasteiger partial charge in [0, 0.05) is 6.42 Å². The lowest BCUT2D eigenvalue weighted by Gasteiger charge is -2.23. The average molecular weight is 400 g/mol. The van der Waals surface area contributed by atoms with Crippen LogP contribution in [0.15, 0.2) is 42.5 Å². The quantitative estimate of drug-likeness (QED) is 0.513. The van der Waals surface area contributed by atoms with E-state index in [-0.39, 0.29) is 24.7 Å². The highest BCUT2D eigenvalue weighted by Crippen LogP contribution is 2.25. The van der Waals surface area contributed by atoms with Crippen molar-refractivity contribution in [3.63, 3.8) is 0 Å². The summed E-state index contributed by atoms with van der Waals surface area (Å²) in [5, 5.41) is 0. The van der Waals surface area contributed by atoms with Gasteiger partial charge >= 0.3 is 5.97 Å². The van der Waals surface area contributed by atoms with Gasteiger partial charge in [0.15, 0.2) is 11.6 Å². The Morgan fingerprint density at radius 3 is 2.66 bits per heavy atom. The van der Waals surface area contributed by atoms with Crippen molar-refractivity contribution < 1.29 is 23.4 Å². The van der Waals surface area contributed by atoms with Crippen LogP contribution in [0.25, 0.3) is 0 Å². The van der Waals surface area contributed by atoms with Gasteiger partial charge in [-0.05, 0) is 74.4 Å². The van der Waals surface area contributed by atoms with E-state index in [0.29, 0.717) is 19.1 Å². The Bertz CT molecular complexity index is 799. The van der Waals surface area contributed by atoms with Crippen LogP contribution in [-0.2, 0) is 22.6 Å². The lowest BCUT2D eigenvalue weighted by atomic mass is 9.98. The van der Waals surface area contributed by atoms with Crippen molar-refractivity contribution in [2.45, 2.75) is 64.6 Å². The van der Waals surface area contributed by atoms with Gasteiger partial charge in [-0.2, -0.15) is 0 Å². The summed E-state index contributed by atoms with van der Waals surface area (Å²) in [6.07, 6.45) is 6.92. The van der Waals surface area contributed by atoms with Gasteiger partial charge in [-0.3, -0.25) is 4.79 Å². The van der Waals surface area contributed by atoms with Crippen LogP contribution < -0.4 is 9.47 Å². The number of carbonyl (C=O) groups excluding carboxylic acids is 1. The molecule has 0 N–H and O–H groups in total. The van der Waals surface area contributed by atoms with E-state index in [1.165, 1.54) is 25.3 Å². The van der Waals surface area contributed by atoms with Crippen LogP contribution in [0.5, 0.6) is 11.5 Å². The minimum Gasteiger partial charge on any atom is -0.490 e. The molecule has 0 unspecified atom stereocenters. The summed E-state index contributed by atoms with van der Waals surface area (Å²) in [5.41, 5.74) is 1.68. The van der Waals surface area contributed by atoms with E-state index in [1.807, 2.05) is 24.3 Å². The third kappa shape index (κ3) is 6.77. The minimum absolute atomic E-state index is 0.198. The molecule has 29 heavy (non-hydrogen) atoms. The molecule has 1 fully saturated rings. The van der Waals surface area contributed by atoms with E-state index in [2.05, 4.69) is 0 Å². The average Bonchev–Trinajstić information content (AvgIpc) is 2.73. The summed E-state index contributed by atoms with van der Waals surface area (Å²) < 4.78 is 31.0. The fourth-order valence-corrected chi connectivity index (χ4v) is 3.54. The van der Waals surface area contributed by atoms with Crippen molar-refractivity contribution in [1.82, 2.24) is 0 Å². The number of esters is 1. The molecular weight excluding hydrogens is 371 g/mol. The zero-order chi connectivity index (χ0) is 20.5. The van der Waals surface area contributed by atoms with Gasteiger partial charge < -0.3 is 14.2 Å². The van der Waals surface area contributed by atoms with Crippen molar-refractivity contribution in [3.05, 3.63) is 59.4 Å². The number of rotatable bonds is 9. The number of hydrogen-bond donors (Lipinski definition) is 0. The molecule has 1 aliphatic carbocycles. The van der Waals surface area contributed by atoms with Gasteiger partial charge in [0.25, 0.3) is 0 Å². The fourth-order valence-electron chi connectivity index (χ4n) is 3.54. The number of aryl methyl sites for hydroxylation is 1. The molecule has 1 saturated carbocycles. The Balaban J connectivity index is 1.52. The maximum Gasteiger partial charge on any atom is 0.306 e. The molecule has 0 radical (unpaired) electrons. The maximum absolute atomic E-state index is 14.3. The van der Waals surface area contributed by atoms with Crippen LogP contribution in [0.3, 0.4) is 0 Å². The van der Waals surface area contributed by atoms with Gasteiger partial charge in [0.2, 0.25) is 0 Å². The van der Waals surface area contributed by atoms with E-state index in [0.717, 1.165) is 29.7 Å². The number of hydrogen-bond acceptors (Lipinski definition) is 4. The van der Waals surface area contributed by atoms with Crippen LogP contribution in [0.4, 0.5) is 4.39 Å². The van der Waals surface area contributed by atoms with E-state index >= 15 is 0 Å². The highest BCUT2D eigenvalue weighted by Gasteiger charge is 2.15. The van der Waals surface area contributed by atoms with Gasteiger partial charge in [0.05, 0.1) is 12.7 Å². The monoisotopic (exact) mass is 400 g/mol. The molecule has 0 amide bonds. The first kappa shape index (κ1) is 21.2. The summed E-state index contributed by atoms with van der Waals surface area (Å²) in [7, 11) is 0. The summed E-state index contributed by atoms with van der Waals surface area (Å²) in [6, 6.07) is 12.6. The molecular formula is C24H29FO4. The van der Waals surface area contributed by atoms with E-state index in [4.69, 9.17) is 14.2 Å². The second kappa shape index (κ2) is 10.8. The summed E-state index contributed by atoms with van der Waals surface area (Å²) in [5.74, 6) is 0.334. The minimum atomic E-state index is -0.430. The van der Waals surface area contributed by atoms with Crippen LogP contribution in [0.2, 0.25) is 0 Å². The third-order valence-corrected chi connectivity index (χ3v) is 5.07. The topological polar surface area (TPSA) is 44.8 Å². The first-order valence-electron chi connectivity index (χ1n) is 10.5. The van der Waals surface area contributed by atoms with E-state index < -0.39 is 5.82 Å². The number of benzene rings is 2. The lowest BCUT2D eigenvalue weighted by Crippen LogP contribution is -2.19. The molecule has 0 heterocycles. The molecule has 4 nitrogen and oxygen atoms in total. The standard InChI is InChI=1S/C24H29FO4/c1-2-27-24(26)14-12-18-11-13-23(22(25)16-18)28-17-19-7-6-10-21(15-19)29-20-8-4-3-5-9-20/h6-7,10-11,13,15-16,20H,2-5,8-9,12,14,17H2,1H3. The van der Waals surface area contributed by atoms with Crippen LogP contribution in [0, 0.1) is 5.82 Å². The Hall–Kier alpha value is -2.56. The molecule has 0 aliphatic heterocycles. The molecule has 2 aromatic carbocycles. The van der Waals surface area contributed by atoms with Gasteiger partial charge in [-0.15, -0.1) is 0 Å². The number of carbonyl (C=O) groups is 1. The van der Waals surface area contributed by atoms with Crippen LogP contribution in [-0.4, -0.2) is 18.7 Å². The zero-order valence-corrected chi connectivity index (χ0v) is 17.0. The molecule has 0 bridgehead atoms. The van der Waals surface area contributed by atoms with E-state index in [1.54, 1.807) is 19.1 Å². The first-order chi connectivity index (χ1) is 14.1. The normalized spacial score (nSPS) is 14.4. The SMILES string of the molecule is CCOC(=O)CCc1ccc(OCc2cccc(OC3CCCCC3)c2)c(F)c1. The van der Waals surface area contributed by atoms with Crippen molar-refractivity contribution in [2.75, 3.05) is 6.61 Å². The van der Waals surface area contributed by atoms with Gasteiger partial charge in [-0.25, -0.2) is 4.39 Å². The molecule has 0 spiro atoms. The Morgan fingerprint density at radius 2 is 1.90 bits per heavy atom. The predicted octanol–water partition coefficient (Wildman–Crippen LogP) is 5.61. The predicted molar refractivity (Wildman–Crippen MR) is 110 cm³/mol. The lowest BCUT2D eigenvalue weighted by molar-refractivity contribution is -0.143. The Kier molecular flexibility index (Phi) is 7.91. The van der Waals surface area contributed by atoms with Crippen molar-refractivity contribution in [2.24, 2.45) is 0 Å². The van der Waals surface area contributed by atoms with Crippen LogP contribution >= 0.6 is 0 Å². The molecule has 1 aliphatic rings. The maximum atomic E-state index is 14.3. The van der Waals surface area contributed by atoms with Crippen LogP contribution in [0.1, 0.15) is 56.6 Å². The van der Waals surface area contributed by atoms with E-state index in [9.17, 15) is 9.18 Å². The highest BCUT2D eigenvalue weighted by atomic mass is 19.1. The summed E-state index contributed by atoms with van der Waals surface area (Å²) in [6.45, 7) is 2.38.